The number of rotatable bonds is 6. The lowest BCUT2D eigenvalue weighted by molar-refractivity contribution is 0.410. The lowest BCUT2D eigenvalue weighted by atomic mass is 10.4. The van der Waals surface area contributed by atoms with Crippen molar-refractivity contribution in [3.8, 4) is 0 Å². The average molecular weight is 303 g/mol. The molecule has 19 heavy (non-hydrogen) atoms. The first-order valence-corrected chi connectivity index (χ1v) is 7.94. The summed E-state index contributed by atoms with van der Waals surface area (Å²) in [5, 5.41) is 7.09. The van der Waals surface area contributed by atoms with Crippen LogP contribution in [0.15, 0.2) is 15.8 Å². The Kier molecular flexibility index (Phi) is 4.00. The van der Waals surface area contributed by atoms with Crippen LogP contribution in [0.1, 0.15) is 12.7 Å². The minimum Gasteiger partial charge on any atom is -0.382 e. The predicted molar refractivity (Wildman–Crippen MR) is 70.7 cm³/mol. The second-order valence-electron chi connectivity index (χ2n) is 3.65. The molecule has 0 fully saturated rings. The Morgan fingerprint density at radius 3 is 2.95 bits per heavy atom. The highest BCUT2D eigenvalue weighted by atomic mass is 32.2. The summed E-state index contributed by atoms with van der Waals surface area (Å²) in [4.78, 5) is 3.94. The summed E-state index contributed by atoms with van der Waals surface area (Å²) >= 11 is 1.03. The Hall–Kier alpha value is -1.68. The SMILES string of the molecule is CCS(=O)(=O)c1c(N)nsc1NCCc1ncon1. The molecule has 8 nitrogen and oxygen atoms in total. The van der Waals surface area contributed by atoms with E-state index >= 15 is 0 Å². The summed E-state index contributed by atoms with van der Waals surface area (Å²) in [6.45, 7) is 2.03. The molecule has 0 unspecified atom stereocenters. The Bertz CT molecular complexity index is 635. The maximum atomic E-state index is 11.9. The van der Waals surface area contributed by atoms with Crippen LogP contribution in [0.2, 0.25) is 0 Å². The maximum absolute atomic E-state index is 11.9. The van der Waals surface area contributed by atoms with Crippen molar-refractivity contribution in [1.82, 2.24) is 14.5 Å². The number of aromatic nitrogens is 3. The van der Waals surface area contributed by atoms with E-state index in [0.29, 0.717) is 23.8 Å². The molecule has 0 aliphatic rings. The molecule has 0 radical (unpaired) electrons. The van der Waals surface area contributed by atoms with E-state index in [2.05, 4.69) is 24.4 Å². The molecule has 0 spiro atoms. The Morgan fingerprint density at radius 2 is 2.32 bits per heavy atom. The van der Waals surface area contributed by atoms with Gasteiger partial charge in [0.05, 0.1) is 5.75 Å². The van der Waals surface area contributed by atoms with E-state index in [4.69, 9.17) is 5.73 Å². The number of sulfone groups is 1. The number of hydrogen-bond donors (Lipinski definition) is 2. The number of nitrogens with two attached hydrogens (primary N) is 1. The third-order valence-electron chi connectivity index (χ3n) is 2.41. The highest BCUT2D eigenvalue weighted by molar-refractivity contribution is 7.91. The monoisotopic (exact) mass is 303 g/mol. The first kappa shape index (κ1) is 13.7. The summed E-state index contributed by atoms with van der Waals surface area (Å²) in [5.41, 5.74) is 5.61. The molecular weight excluding hydrogens is 290 g/mol. The number of nitrogens with one attached hydrogen (secondary N) is 1. The first-order chi connectivity index (χ1) is 9.04. The van der Waals surface area contributed by atoms with Gasteiger partial charge in [0, 0.05) is 13.0 Å². The summed E-state index contributed by atoms with van der Waals surface area (Å²) < 4.78 is 32.3. The van der Waals surface area contributed by atoms with Gasteiger partial charge < -0.3 is 15.6 Å². The standard InChI is InChI=1S/C9H13N5O3S2/c1-2-19(15,16)7-8(10)14-18-9(7)11-4-3-6-12-5-17-13-6/h5,11H,2-4H2,1H3,(H2,10,14). The number of nitrogen functional groups attached to an aromatic ring is 1. The topological polar surface area (TPSA) is 124 Å². The van der Waals surface area contributed by atoms with Gasteiger partial charge in [0.1, 0.15) is 9.90 Å². The van der Waals surface area contributed by atoms with Crippen LogP contribution in [0.3, 0.4) is 0 Å². The van der Waals surface area contributed by atoms with Crippen LogP contribution in [0.4, 0.5) is 10.8 Å². The van der Waals surface area contributed by atoms with Gasteiger partial charge in [0.25, 0.3) is 0 Å². The molecule has 0 atom stereocenters. The van der Waals surface area contributed by atoms with E-state index in [9.17, 15) is 8.42 Å². The van der Waals surface area contributed by atoms with E-state index in [-0.39, 0.29) is 16.5 Å². The van der Waals surface area contributed by atoms with Crippen LogP contribution in [0, 0.1) is 0 Å². The summed E-state index contributed by atoms with van der Waals surface area (Å²) in [6.07, 6.45) is 1.76. The zero-order valence-electron chi connectivity index (χ0n) is 10.2. The molecule has 0 bridgehead atoms. The van der Waals surface area contributed by atoms with Gasteiger partial charge in [0.15, 0.2) is 21.5 Å². The summed E-state index contributed by atoms with van der Waals surface area (Å²) in [6, 6.07) is 0. The molecule has 0 amide bonds. The largest absolute Gasteiger partial charge is 0.382 e. The fraction of sp³-hybridized carbons (Fsp3) is 0.444. The molecular formula is C9H13N5O3S2. The van der Waals surface area contributed by atoms with Crippen LogP contribution < -0.4 is 11.1 Å². The van der Waals surface area contributed by atoms with Gasteiger partial charge in [-0.25, -0.2) is 8.42 Å². The molecule has 2 heterocycles. The molecule has 0 aliphatic carbocycles. The van der Waals surface area contributed by atoms with Crippen molar-refractivity contribution in [2.75, 3.05) is 23.3 Å². The first-order valence-electron chi connectivity index (χ1n) is 5.51. The minimum absolute atomic E-state index is 0.0187. The van der Waals surface area contributed by atoms with Crippen LogP contribution in [0.25, 0.3) is 0 Å². The Balaban J connectivity index is 2.09. The lowest BCUT2D eigenvalue weighted by Gasteiger charge is -2.05. The summed E-state index contributed by atoms with van der Waals surface area (Å²) in [7, 11) is -3.39. The van der Waals surface area contributed by atoms with Crippen LogP contribution in [-0.4, -0.2) is 35.2 Å². The number of hydrogen-bond acceptors (Lipinski definition) is 9. The van der Waals surface area contributed by atoms with Crippen molar-refractivity contribution in [2.45, 2.75) is 18.2 Å². The minimum atomic E-state index is -3.39. The molecule has 104 valence electrons. The number of anilines is 2. The lowest BCUT2D eigenvalue weighted by Crippen LogP contribution is -2.11. The maximum Gasteiger partial charge on any atom is 0.213 e. The third kappa shape index (κ3) is 3.01. The van der Waals surface area contributed by atoms with E-state index in [1.807, 2.05) is 0 Å². The van der Waals surface area contributed by atoms with Gasteiger partial charge >= 0.3 is 0 Å². The van der Waals surface area contributed by atoms with Crippen LogP contribution in [0.5, 0.6) is 0 Å². The van der Waals surface area contributed by atoms with Gasteiger partial charge in [-0.1, -0.05) is 12.1 Å². The molecule has 0 aliphatic heterocycles. The fourth-order valence-electron chi connectivity index (χ4n) is 1.44. The smallest absolute Gasteiger partial charge is 0.213 e. The highest BCUT2D eigenvalue weighted by Crippen LogP contribution is 2.32. The van der Waals surface area contributed by atoms with Crippen molar-refractivity contribution in [3.63, 3.8) is 0 Å². The van der Waals surface area contributed by atoms with Crippen molar-refractivity contribution in [1.29, 1.82) is 0 Å². The molecule has 0 aromatic carbocycles. The van der Waals surface area contributed by atoms with Gasteiger partial charge in [-0.05, 0) is 11.5 Å². The fourth-order valence-corrected chi connectivity index (χ4v) is 3.64. The molecule has 3 N–H and O–H groups in total. The van der Waals surface area contributed by atoms with Crippen molar-refractivity contribution >= 4 is 32.2 Å². The van der Waals surface area contributed by atoms with Crippen molar-refractivity contribution in [2.24, 2.45) is 0 Å². The van der Waals surface area contributed by atoms with Gasteiger partial charge in [-0.2, -0.15) is 9.36 Å². The summed E-state index contributed by atoms with van der Waals surface area (Å²) in [5.74, 6) is 0.564. The van der Waals surface area contributed by atoms with E-state index < -0.39 is 9.84 Å². The normalized spacial score (nSPS) is 11.6. The number of nitrogens with zero attached hydrogens (tertiary/aromatic N) is 3. The van der Waals surface area contributed by atoms with E-state index in [0.717, 1.165) is 11.5 Å². The van der Waals surface area contributed by atoms with Crippen molar-refractivity contribution < 1.29 is 12.9 Å². The van der Waals surface area contributed by atoms with Gasteiger partial charge in [0.2, 0.25) is 6.39 Å². The Labute approximate surface area is 114 Å². The zero-order valence-corrected chi connectivity index (χ0v) is 11.8. The average Bonchev–Trinajstić information content (AvgIpc) is 3.00. The molecule has 0 saturated heterocycles. The molecule has 10 heteroatoms. The highest BCUT2D eigenvalue weighted by Gasteiger charge is 2.23. The zero-order chi connectivity index (χ0) is 13.9. The Morgan fingerprint density at radius 1 is 1.53 bits per heavy atom. The van der Waals surface area contributed by atoms with Crippen LogP contribution in [-0.2, 0) is 16.3 Å². The van der Waals surface area contributed by atoms with E-state index in [1.54, 1.807) is 6.92 Å². The second kappa shape index (κ2) is 5.53. The van der Waals surface area contributed by atoms with E-state index in [1.165, 1.54) is 6.39 Å². The second-order valence-corrected chi connectivity index (χ2v) is 6.64. The molecule has 2 aromatic heterocycles. The van der Waals surface area contributed by atoms with Crippen molar-refractivity contribution in [3.05, 3.63) is 12.2 Å². The predicted octanol–water partition coefficient (Wildman–Crippen LogP) is 0.556. The third-order valence-corrected chi connectivity index (χ3v) is 5.15. The molecule has 2 rings (SSSR count). The van der Waals surface area contributed by atoms with Gasteiger partial charge in [-0.15, -0.1) is 0 Å². The van der Waals surface area contributed by atoms with Crippen LogP contribution >= 0.6 is 11.5 Å². The molecule has 0 saturated carbocycles. The van der Waals surface area contributed by atoms with Gasteiger partial charge in [-0.3, -0.25) is 0 Å². The molecule has 2 aromatic rings. The quantitative estimate of drug-likeness (QED) is 0.793.